The molecule has 0 saturated carbocycles. The first-order valence-electron chi connectivity index (χ1n) is 7.45. The third-order valence-corrected chi connectivity index (χ3v) is 4.52. The van der Waals surface area contributed by atoms with E-state index in [2.05, 4.69) is 21.1 Å². The van der Waals surface area contributed by atoms with Crippen molar-refractivity contribution in [1.29, 1.82) is 0 Å². The molecule has 0 unspecified atom stereocenters. The lowest BCUT2D eigenvalue weighted by atomic mass is 10.2. The van der Waals surface area contributed by atoms with E-state index in [0.29, 0.717) is 25.7 Å². The van der Waals surface area contributed by atoms with Gasteiger partial charge in [-0.05, 0) is 35.7 Å². The van der Waals surface area contributed by atoms with Gasteiger partial charge in [-0.15, -0.1) is 22.7 Å². The Labute approximate surface area is 148 Å². The van der Waals surface area contributed by atoms with Crippen LogP contribution in [-0.2, 0) is 9.59 Å². The second-order valence-electron chi connectivity index (χ2n) is 4.82. The fraction of sp³-hybridized carbons (Fsp3) is 0.250. The fourth-order valence-electron chi connectivity index (χ4n) is 1.75. The van der Waals surface area contributed by atoms with Crippen LogP contribution in [0.4, 0.5) is 0 Å². The average Bonchev–Trinajstić information content (AvgIpc) is 3.25. The highest BCUT2D eigenvalue weighted by atomic mass is 32.1. The first-order chi connectivity index (χ1) is 11.7. The molecule has 6 nitrogen and oxygen atoms in total. The van der Waals surface area contributed by atoms with E-state index in [1.165, 1.54) is 0 Å². The van der Waals surface area contributed by atoms with Crippen LogP contribution < -0.4 is 10.9 Å². The van der Waals surface area contributed by atoms with Crippen LogP contribution in [0.15, 0.2) is 45.2 Å². The van der Waals surface area contributed by atoms with Crippen molar-refractivity contribution in [3.63, 3.8) is 0 Å². The van der Waals surface area contributed by atoms with Gasteiger partial charge in [0.1, 0.15) is 0 Å². The molecule has 8 heteroatoms. The SMILES string of the molecule is O=C(CCCCC(=O)N/N=C\c1cccs1)N/N=C\c1cccs1. The predicted octanol–water partition coefficient (Wildman–Crippen LogP) is 2.97. The molecule has 2 heterocycles. The van der Waals surface area contributed by atoms with Crippen molar-refractivity contribution in [3.8, 4) is 0 Å². The monoisotopic (exact) mass is 362 g/mol. The molecule has 2 amide bonds. The maximum absolute atomic E-state index is 11.6. The first-order valence-corrected chi connectivity index (χ1v) is 9.21. The number of hydrazone groups is 2. The number of nitrogens with one attached hydrogen (secondary N) is 2. The Balaban J connectivity index is 1.52. The minimum atomic E-state index is -0.154. The quantitative estimate of drug-likeness (QED) is 0.408. The molecule has 0 aromatic carbocycles. The summed E-state index contributed by atoms with van der Waals surface area (Å²) in [5.74, 6) is -0.308. The fourth-order valence-corrected chi connectivity index (χ4v) is 2.92. The van der Waals surface area contributed by atoms with Gasteiger partial charge in [-0.1, -0.05) is 12.1 Å². The molecule has 0 radical (unpaired) electrons. The molecule has 2 rings (SSSR count). The summed E-state index contributed by atoms with van der Waals surface area (Å²) in [4.78, 5) is 25.1. The van der Waals surface area contributed by atoms with Crippen LogP contribution in [0.2, 0.25) is 0 Å². The maximum atomic E-state index is 11.6. The third kappa shape index (κ3) is 7.30. The highest BCUT2D eigenvalue weighted by Gasteiger charge is 2.03. The largest absolute Gasteiger partial charge is 0.273 e. The molecule has 0 atom stereocenters. The molecule has 24 heavy (non-hydrogen) atoms. The first kappa shape index (κ1) is 18.0. The molecule has 0 aliphatic rings. The predicted molar refractivity (Wildman–Crippen MR) is 98.6 cm³/mol. The smallest absolute Gasteiger partial charge is 0.240 e. The zero-order valence-electron chi connectivity index (χ0n) is 13.0. The summed E-state index contributed by atoms with van der Waals surface area (Å²) >= 11 is 3.10. The van der Waals surface area contributed by atoms with Gasteiger partial charge >= 0.3 is 0 Å². The van der Waals surface area contributed by atoms with Crippen LogP contribution in [0, 0.1) is 0 Å². The zero-order chi connectivity index (χ0) is 17.0. The minimum absolute atomic E-state index is 0.154. The Hall–Kier alpha value is -2.32. The summed E-state index contributed by atoms with van der Waals surface area (Å²) in [5.41, 5.74) is 4.95. The molecule has 0 spiro atoms. The maximum Gasteiger partial charge on any atom is 0.240 e. The number of thiophene rings is 2. The highest BCUT2D eigenvalue weighted by molar-refractivity contribution is 7.12. The Kier molecular flexibility index (Phi) is 7.85. The van der Waals surface area contributed by atoms with Crippen LogP contribution in [0.3, 0.4) is 0 Å². The summed E-state index contributed by atoms with van der Waals surface area (Å²) in [6, 6.07) is 7.67. The molecule has 2 aromatic heterocycles. The van der Waals surface area contributed by atoms with E-state index in [-0.39, 0.29) is 11.8 Å². The van der Waals surface area contributed by atoms with Crippen LogP contribution in [-0.4, -0.2) is 24.2 Å². The van der Waals surface area contributed by atoms with Gasteiger partial charge in [0.05, 0.1) is 12.4 Å². The topological polar surface area (TPSA) is 82.9 Å². The average molecular weight is 362 g/mol. The van der Waals surface area contributed by atoms with E-state index in [4.69, 9.17) is 0 Å². The van der Waals surface area contributed by atoms with Crippen molar-refractivity contribution in [2.75, 3.05) is 0 Å². The van der Waals surface area contributed by atoms with E-state index in [1.807, 2.05) is 35.0 Å². The molecule has 0 fully saturated rings. The molecular weight excluding hydrogens is 344 g/mol. The summed E-state index contributed by atoms with van der Waals surface area (Å²) in [5, 5.41) is 11.6. The third-order valence-electron chi connectivity index (χ3n) is 2.91. The van der Waals surface area contributed by atoms with Gasteiger partial charge in [0.15, 0.2) is 0 Å². The molecule has 0 saturated heterocycles. The van der Waals surface area contributed by atoms with Crippen LogP contribution >= 0.6 is 22.7 Å². The summed E-state index contributed by atoms with van der Waals surface area (Å²) < 4.78 is 0. The zero-order valence-corrected chi connectivity index (χ0v) is 14.6. The van der Waals surface area contributed by atoms with Gasteiger partial charge in [-0.3, -0.25) is 9.59 Å². The van der Waals surface area contributed by atoms with Crippen molar-refractivity contribution in [3.05, 3.63) is 44.8 Å². The lowest BCUT2D eigenvalue weighted by Crippen LogP contribution is -2.18. The van der Waals surface area contributed by atoms with Crippen molar-refractivity contribution in [2.45, 2.75) is 25.7 Å². The highest BCUT2D eigenvalue weighted by Crippen LogP contribution is 2.05. The molecule has 0 bridgehead atoms. The normalized spacial score (nSPS) is 11.2. The lowest BCUT2D eigenvalue weighted by molar-refractivity contribution is -0.123. The minimum Gasteiger partial charge on any atom is -0.273 e. The number of carbonyl (C=O) groups excluding carboxylic acids is 2. The van der Waals surface area contributed by atoms with Gasteiger partial charge < -0.3 is 0 Å². The van der Waals surface area contributed by atoms with Crippen molar-refractivity contribution >= 4 is 46.9 Å². The van der Waals surface area contributed by atoms with Gasteiger partial charge in [0.25, 0.3) is 0 Å². The van der Waals surface area contributed by atoms with Gasteiger partial charge in [-0.25, -0.2) is 10.9 Å². The number of carbonyl (C=O) groups is 2. The van der Waals surface area contributed by atoms with Gasteiger partial charge in [0, 0.05) is 22.6 Å². The van der Waals surface area contributed by atoms with E-state index in [1.54, 1.807) is 35.1 Å². The number of rotatable bonds is 9. The number of hydrogen-bond acceptors (Lipinski definition) is 6. The second-order valence-corrected chi connectivity index (χ2v) is 6.78. The van der Waals surface area contributed by atoms with Crippen molar-refractivity contribution in [2.24, 2.45) is 10.2 Å². The molecule has 0 aliphatic carbocycles. The van der Waals surface area contributed by atoms with Crippen LogP contribution in [0.1, 0.15) is 35.4 Å². The van der Waals surface area contributed by atoms with E-state index >= 15 is 0 Å². The molecule has 126 valence electrons. The van der Waals surface area contributed by atoms with Crippen LogP contribution in [0.5, 0.6) is 0 Å². The van der Waals surface area contributed by atoms with E-state index in [9.17, 15) is 9.59 Å². The van der Waals surface area contributed by atoms with E-state index < -0.39 is 0 Å². The summed E-state index contributed by atoms with van der Waals surface area (Å²) in [7, 11) is 0. The molecule has 0 aliphatic heterocycles. The Morgan fingerprint density at radius 1 is 0.875 bits per heavy atom. The van der Waals surface area contributed by atoms with Crippen molar-refractivity contribution in [1.82, 2.24) is 10.9 Å². The number of nitrogens with zero attached hydrogens (tertiary/aromatic N) is 2. The molecule has 2 aromatic rings. The summed E-state index contributed by atoms with van der Waals surface area (Å²) in [6.45, 7) is 0. The Bertz CT molecular complexity index is 619. The van der Waals surface area contributed by atoms with Crippen molar-refractivity contribution < 1.29 is 9.59 Å². The van der Waals surface area contributed by atoms with E-state index in [0.717, 1.165) is 9.75 Å². The number of hydrogen-bond donors (Lipinski definition) is 2. The molecule has 2 N–H and O–H groups in total. The van der Waals surface area contributed by atoms with Gasteiger partial charge in [0.2, 0.25) is 11.8 Å². The Morgan fingerprint density at radius 3 is 1.71 bits per heavy atom. The lowest BCUT2D eigenvalue weighted by Gasteiger charge is -2.00. The standard InChI is InChI=1S/C16H18N4O2S2/c21-15(19-17-11-13-5-3-9-23-13)7-1-2-8-16(22)20-18-12-14-6-4-10-24-14/h3-6,9-12H,1-2,7-8H2,(H,19,21)(H,20,22)/b17-11-,18-12-. The van der Waals surface area contributed by atoms with Crippen LogP contribution in [0.25, 0.3) is 0 Å². The number of amides is 2. The second kappa shape index (κ2) is 10.5. The Morgan fingerprint density at radius 2 is 1.33 bits per heavy atom. The molecular formula is C16H18N4O2S2. The summed E-state index contributed by atoms with van der Waals surface area (Å²) in [6.07, 6.45) is 5.16. The number of unbranched alkanes of at least 4 members (excludes halogenated alkanes) is 1. The van der Waals surface area contributed by atoms with Gasteiger partial charge in [-0.2, -0.15) is 10.2 Å².